The highest BCUT2D eigenvalue weighted by atomic mass is 32.2. The summed E-state index contributed by atoms with van der Waals surface area (Å²) < 4.78 is 1.48. The fourth-order valence-electron chi connectivity index (χ4n) is 3.38. The van der Waals surface area contributed by atoms with E-state index in [1.165, 1.54) is 39.5 Å². The molecule has 0 saturated heterocycles. The molecule has 7 heteroatoms. The second-order valence-electron chi connectivity index (χ2n) is 7.03. The molecule has 144 valence electrons. The lowest BCUT2D eigenvalue weighted by atomic mass is 10.1. The number of nitrogens with zero attached hydrogens (tertiary/aromatic N) is 3. The third-order valence-electron chi connectivity index (χ3n) is 4.92. The second-order valence-corrected chi connectivity index (χ2v) is 8.09. The number of fused-ring (bicyclic) bond motifs is 1. The molecule has 4 rings (SSSR count). The van der Waals surface area contributed by atoms with Crippen molar-refractivity contribution in [3.63, 3.8) is 0 Å². The van der Waals surface area contributed by atoms with Crippen LogP contribution in [0.4, 0.5) is 5.69 Å². The SMILES string of the molecule is Cc1ccc(-c2nnc(SCCC(=O)Nc3ccc4c(c3)CCC4)n2N)cc1. The topological polar surface area (TPSA) is 85.8 Å². The van der Waals surface area contributed by atoms with Gasteiger partial charge in [0.1, 0.15) is 0 Å². The smallest absolute Gasteiger partial charge is 0.225 e. The average Bonchev–Trinajstić information content (AvgIpc) is 3.29. The van der Waals surface area contributed by atoms with Crippen molar-refractivity contribution in [2.45, 2.75) is 37.8 Å². The van der Waals surface area contributed by atoms with E-state index < -0.39 is 0 Å². The van der Waals surface area contributed by atoms with E-state index in [0.29, 0.717) is 23.2 Å². The highest BCUT2D eigenvalue weighted by Gasteiger charge is 2.14. The number of hydrogen-bond acceptors (Lipinski definition) is 5. The van der Waals surface area contributed by atoms with Crippen molar-refractivity contribution >= 4 is 23.4 Å². The fourth-order valence-corrected chi connectivity index (χ4v) is 4.18. The summed E-state index contributed by atoms with van der Waals surface area (Å²) in [5.41, 5.74) is 5.73. The van der Waals surface area contributed by atoms with E-state index in [1.807, 2.05) is 37.3 Å². The number of carbonyl (C=O) groups excluding carboxylic acids is 1. The minimum Gasteiger partial charge on any atom is -0.335 e. The molecule has 1 amide bonds. The Balaban J connectivity index is 1.31. The summed E-state index contributed by atoms with van der Waals surface area (Å²) >= 11 is 1.43. The molecule has 0 atom stereocenters. The molecule has 0 aliphatic heterocycles. The molecule has 6 nitrogen and oxygen atoms in total. The van der Waals surface area contributed by atoms with Gasteiger partial charge in [0.25, 0.3) is 0 Å². The molecule has 0 radical (unpaired) electrons. The number of nitrogens with two attached hydrogens (primary N) is 1. The molecule has 1 aliphatic rings. The number of benzene rings is 2. The van der Waals surface area contributed by atoms with Crippen LogP contribution in [-0.2, 0) is 17.6 Å². The van der Waals surface area contributed by atoms with Gasteiger partial charge in [-0.2, -0.15) is 0 Å². The Morgan fingerprint density at radius 3 is 2.75 bits per heavy atom. The monoisotopic (exact) mass is 393 g/mol. The van der Waals surface area contributed by atoms with Gasteiger partial charge < -0.3 is 11.2 Å². The third kappa shape index (κ3) is 4.04. The molecule has 3 aromatic rings. The first kappa shape index (κ1) is 18.6. The molecule has 0 bridgehead atoms. The Hall–Kier alpha value is -2.80. The molecule has 28 heavy (non-hydrogen) atoms. The van der Waals surface area contributed by atoms with E-state index in [4.69, 9.17) is 5.84 Å². The van der Waals surface area contributed by atoms with Crippen molar-refractivity contribution in [2.24, 2.45) is 0 Å². The third-order valence-corrected chi connectivity index (χ3v) is 5.86. The molecule has 1 heterocycles. The largest absolute Gasteiger partial charge is 0.335 e. The summed E-state index contributed by atoms with van der Waals surface area (Å²) in [5, 5.41) is 11.9. The van der Waals surface area contributed by atoms with Crippen LogP contribution in [0.5, 0.6) is 0 Å². The van der Waals surface area contributed by atoms with Crippen LogP contribution in [0.1, 0.15) is 29.5 Å². The molecular weight excluding hydrogens is 370 g/mol. The van der Waals surface area contributed by atoms with Crippen molar-refractivity contribution < 1.29 is 4.79 Å². The van der Waals surface area contributed by atoms with Gasteiger partial charge >= 0.3 is 0 Å². The minimum atomic E-state index is -0.00714. The van der Waals surface area contributed by atoms with Crippen LogP contribution in [0.3, 0.4) is 0 Å². The Morgan fingerprint density at radius 2 is 1.93 bits per heavy atom. The van der Waals surface area contributed by atoms with Gasteiger partial charge in [0, 0.05) is 23.4 Å². The number of nitrogens with one attached hydrogen (secondary N) is 1. The summed E-state index contributed by atoms with van der Waals surface area (Å²) in [6.45, 7) is 2.03. The fraction of sp³-hybridized carbons (Fsp3) is 0.286. The van der Waals surface area contributed by atoms with E-state index in [0.717, 1.165) is 24.1 Å². The number of aryl methyl sites for hydroxylation is 3. The predicted molar refractivity (Wildman–Crippen MR) is 113 cm³/mol. The summed E-state index contributed by atoms with van der Waals surface area (Å²) in [6.07, 6.45) is 3.83. The average molecular weight is 394 g/mol. The van der Waals surface area contributed by atoms with Gasteiger partial charge in [0.05, 0.1) is 0 Å². The van der Waals surface area contributed by atoms with Crippen molar-refractivity contribution in [3.8, 4) is 11.4 Å². The molecule has 1 aromatic heterocycles. The first-order valence-electron chi connectivity index (χ1n) is 9.42. The van der Waals surface area contributed by atoms with E-state index in [9.17, 15) is 4.79 Å². The number of carbonyl (C=O) groups is 1. The number of amides is 1. The van der Waals surface area contributed by atoms with Crippen LogP contribution in [0.25, 0.3) is 11.4 Å². The number of thioether (sulfide) groups is 1. The number of aromatic nitrogens is 3. The van der Waals surface area contributed by atoms with Crippen LogP contribution < -0.4 is 11.2 Å². The molecule has 2 aromatic carbocycles. The second kappa shape index (κ2) is 8.06. The summed E-state index contributed by atoms with van der Waals surface area (Å²) in [4.78, 5) is 12.2. The van der Waals surface area contributed by atoms with Crippen molar-refractivity contribution in [1.82, 2.24) is 14.9 Å². The molecule has 0 unspecified atom stereocenters. The molecule has 3 N–H and O–H groups in total. The van der Waals surface area contributed by atoms with Gasteiger partial charge in [0.2, 0.25) is 11.1 Å². The number of rotatable bonds is 6. The van der Waals surface area contributed by atoms with Gasteiger partial charge in [-0.15, -0.1) is 10.2 Å². The first-order valence-corrected chi connectivity index (χ1v) is 10.4. The maximum Gasteiger partial charge on any atom is 0.225 e. The van der Waals surface area contributed by atoms with Crippen LogP contribution >= 0.6 is 11.8 Å². The summed E-state index contributed by atoms with van der Waals surface area (Å²) in [5.74, 6) is 7.33. The van der Waals surface area contributed by atoms with Crippen LogP contribution in [0.2, 0.25) is 0 Å². The normalized spacial score (nSPS) is 12.8. The molecule has 0 fully saturated rings. The zero-order chi connectivity index (χ0) is 19.5. The Morgan fingerprint density at radius 1 is 1.14 bits per heavy atom. The van der Waals surface area contributed by atoms with Crippen LogP contribution in [0.15, 0.2) is 47.6 Å². The quantitative estimate of drug-likeness (QED) is 0.494. The zero-order valence-corrected chi connectivity index (χ0v) is 16.6. The highest BCUT2D eigenvalue weighted by molar-refractivity contribution is 7.99. The van der Waals surface area contributed by atoms with E-state index in [2.05, 4.69) is 27.6 Å². The van der Waals surface area contributed by atoms with Crippen molar-refractivity contribution in [3.05, 3.63) is 59.2 Å². The number of hydrogen-bond donors (Lipinski definition) is 2. The predicted octanol–water partition coefficient (Wildman–Crippen LogP) is 3.58. The first-order chi connectivity index (χ1) is 13.6. The number of anilines is 1. The lowest BCUT2D eigenvalue weighted by Gasteiger charge is -2.07. The molecule has 0 saturated carbocycles. The summed E-state index contributed by atoms with van der Waals surface area (Å²) in [6, 6.07) is 14.2. The minimum absolute atomic E-state index is 0.00714. The zero-order valence-electron chi connectivity index (χ0n) is 15.8. The maximum atomic E-state index is 12.2. The van der Waals surface area contributed by atoms with Gasteiger partial charge in [-0.3, -0.25) is 4.79 Å². The lowest BCUT2D eigenvalue weighted by molar-refractivity contribution is -0.115. The summed E-state index contributed by atoms with van der Waals surface area (Å²) in [7, 11) is 0. The van der Waals surface area contributed by atoms with Gasteiger partial charge in [-0.25, -0.2) is 4.68 Å². The number of nitrogen functional groups attached to an aromatic ring is 1. The van der Waals surface area contributed by atoms with Gasteiger partial charge in [0.15, 0.2) is 5.82 Å². The van der Waals surface area contributed by atoms with Gasteiger partial charge in [-0.1, -0.05) is 47.7 Å². The molecular formula is C21H23N5OS. The van der Waals surface area contributed by atoms with Crippen molar-refractivity contribution in [1.29, 1.82) is 0 Å². The lowest BCUT2D eigenvalue weighted by Crippen LogP contribution is -2.14. The highest BCUT2D eigenvalue weighted by Crippen LogP contribution is 2.25. The van der Waals surface area contributed by atoms with E-state index in [1.54, 1.807) is 0 Å². The maximum absolute atomic E-state index is 12.2. The molecule has 0 spiro atoms. The van der Waals surface area contributed by atoms with Gasteiger partial charge in [-0.05, 0) is 49.4 Å². The standard InChI is InChI=1S/C21H23N5OS/c1-14-5-7-16(8-6-14)20-24-25-21(26(20)22)28-12-11-19(27)23-18-10-9-15-3-2-4-17(15)13-18/h5-10,13H,2-4,11-12,22H2,1H3,(H,23,27). The van der Waals surface area contributed by atoms with Crippen molar-refractivity contribution in [2.75, 3.05) is 16.9 Å². The van der Waals surface area contributed by atoms with Crippen LogP contribution in [0, 0.1) is 6.92 Å². The van der Waals surface area contributed by atoms with E-state index >= 15 is 0 Å². The molecule has 1 aliphatic carbocycles. The Kier molecular flexibility index (Phi) is 5.34. The van der Waals surface area contributed by atoms with Crippen LogP contribution in [-0.4, -0.2) is 26.5 Å². The Labute approximate surface area is 168 Å². The van der Waals surface area contributed by atoms with E-state index in [-0.39, 0.29) is 5.91 Å². The Bertz CT molecular complexity index is 997.